The fourth-order valence-corrected chi connectivity index (χ4v) is 2.32. The van der Waals surface area contributed by atoms with Gasteiger partial charge in [-0.2, -0.15) is 0 Å². The van der Waals surface area contributed by atoms with E-state index >= 15 is 0 Å². The van der Waals surface area contributed by atoms with Gasteiger partial charge in [-0.15, -0.1) is 0 Å². The summed E-state index contributed by atoms with van der Waals surface area (Å²) in [4.78, 5) is 25.6. The molecule has 0 aromatic heterocycles. The summed E-state index contributed by atoms with van der Waals surface area (Å²) in [5, 5.41) is 2.89. The van der Waals surface area contributed by atoms with Gasteiger partial charge in [0.2, 0.25) is 5.91 Å². The maximum Gasteiger partial charge on any atom is 0.234 e. The molecule has 1 fully saturated rings. The van der Waals surface area contributed by atoms with Crippen LogP contribution in [0.4, 0.5) is 0 Å². The molecule has 0 heterocycles. The van der Waals surface area contributed by atoms with Gasteiger partial charge < -0.3 is 5.32 Å². The van der Waals surface area contributed by atoms with Crippen molar-refractivity contribution in [2.45, 2.75) is 52.0 Å². The van der Waals surface area contributed by atoms with Crippen LogP contribution in [-0.2, 0) is 9.59 Å². The smallest absolute Gasteiger partial charge is 0.234 e. The topological polar surface area (TPSA) is 49.4 Å². The normalized spacial score (nSPS) is 21.2. The zero-order chi connectivity index (χ0) is 13.5. The first-order valence-corrected chi connectivity index (χ1v) is 7.00. The number of nitrogens with one attached hydrogen (secondary N) is 1. The number of hydrogen-bond acceptors (Lipinski definition) is 3. The lowest BCUT2D eigenvalue weighted by Gasteiger charge is -2.25. The number of carbonyl (C=O) groups is 2. The number of hydrogen-bond donors (Lipinski definition) is 1. The van der Waals surface area contributed by atoms with E-state index < -0.39 is 0 Å². The Morgan fingerprint density at radius 3 is 2.78 bits per heavy atom. The Balaban J connectivity index is 2.40. The highest BCUT2D eigenvalue weighted by atomic mass is 16.2. The average Bonchev–Trinajstić information content (AvgIpc) is 2.51. The maximum absolute atomic E-state index is 11.9. The molecule has 1 unspecified atom stereocenters. The van der Waals surface area contributed by atoms with Crippen LogP contribution in [-0.4, -0.2) is 42.8 Å². The van der Waals surface area contributed by atoms with Crippen molar-refractivity contribution >= 4 is 11.7 Å². The molecular weight excluding hydrogens is 228 g/mol. The lowest BCUT2D eigenvalue weighted by molar-refractivity contribution is -0.126. The number of Topliss-reactive ketones (excluding diaryl/α,β-unsaturated/α-hetero) is 1. The third-order valence-corrected chi connectivity index (χ3v) is 3.40. The summed E-state index contributed by atoms with van der Waals surface area (Å²) in [7, 11) is 1.88. The molecule has 1 saturated carbocycles. The number of likely N-dealkylation sites (N-methyl/N-ethyl adjacent to an activating group) is 1. The first kappa shape index (κ1) is 15.2. The molecule has 0 bridgehead atoms. The molecule has 1 N–H and O–H groups in total. The molecule has 0 radical (unpaired) electrons. The van der Waals surface area contributed by atoms with Crippen LogP contribution in [0, 0.1) is 5.92 Å². The van der Waals surface area contributed by atoms with Crippen LogP contribution in [0.3, 0.4) is 0 Å². The van der Waals surface area contributed by atoms with Gasteiger partial charge in [0.15, 0.2) is 0 Å². The predicted molar refractivity (Wildman–Crippen MR) is 72.4 cm³/mol. The van der Waals surface area contributed by atoms with Gasteiger partial charge in [0.25, 0.3) is 0 Å². The van der Waals surface area contributed by atoms with Crippen molar-refractivity contribution in [3.8, 4) is 0 Å². The van der Waals surface area contributed by atoms with Gasteiger partial charge in [-0.3, -0.25) is 14.5 Å². The van der Waals surface area contributed by atoms with E-state index in [9.17, 15) is 9.59 Å². The molecule has 18 heavy (non-hydrogen) atoms. The Hall–Kier alpha value is -0.900. The van der Waals surface area contributed by atoms with Crippen molar-refractivity contribution in [1.29, 1.82) is 0 Å². The summed E-state index contributed by atoms with van der Waals surface area (Å²) in [5.41, 5.74) is 0. The summed E-state index contributed by atoms with van der Waals surface area (Å²) >= 11 is 0. The minimum atomic E-state index is -0.0581. The van der Waals surface area contributed by atoms with Gasteiger partial charge in [0.05, 0.1) is 12.6 Å². The van der Waals surface area contributed by atoms with Gasteiger partial charge in [-0.1, -0.05) is 26.7 Å². The highest BCUT2D eigenvalue weighted by Gasteiger charge is 2.25. The fourth-order valence-electron chi connectivity index (χ4n) is 2.32. The van der Waals surface area contributed by atoms with Gasteiger partial charge in [-0.25, -0.2) is 0 Å². The van der Waals surface area contributed by atoms with Crippen LogP contribution < -0.4 is 5.32 Å². The summed E-state index contributed by atoms with van der Waals surface area (Å²) in [6.07, 6.45) is 4.79. The van der Waals surface area contributed by atoms with Gasteiger partial charge in [0, 0.05) is 13.0 Å². The first-order chi connectivity index (χ1) is 8.50. The predicted octanol–water partition coefficient (Wildman–Crippen LogP) is 1.59. The van der Waals surface area contributed by atoms with Crippen LogP contribution in [0.5, 0.6) is 0 Å². The SMILES string of the molecule is CC(C)CNC(=O)CN(C)C1CCCCCC1=O. The third-order valence-electron chi connectivity index (χ3n) is 3.40. The maximum atomic E-state index is 11.9. The van der Waals surface area contributed by atoms with Crippen molar-refractivity contribution in [2.24, 2.45) is 5.92 Å². The van der Waals surface area contributed by atoms with Crippen LogP contribution in [0.15, 0.2) is 0 Å². The molecule has 0 spiro atoms. The second kappa shape index (κ2) is 7.52. The van der Waals surface area contributed by atoms with Gasteiger partial charge in [-0.05, 0) is 25.8 Å². The minimum absolute atomic E-state index is 0.0169. The monoisotopic (exact) mass is 254 g/mol. The Morgan fingerprint density at radius 1 is 1.39 bits per heavy atom. The number of nitrogens with zero attached hydrogens (tertiary/aromatic N) is 1. The second-order valence-corrected chi connectivity index (χ2v) is 5.69. The molecule has 0 aromatic rings. The molecule has 1 rings (SSSR count). The minimum Gasteiger partial charge on any atom is -0.355 e. The van der Waals surface area contributed by atoms with Crippen LogP contribution in [0.25, 0.3) is 0 Å². The van der Waals surface area contributed by atoms with Crippen molar-refractivity contribution in [1.82, 2.24) is 10.2 Å². The summed E-state index contributed by atoms with van der Waals surface area (Å²) < 4.78 is 0. The largest absolute Gasteiger partial charge is 0.355 e. The highest BCUT2D eigenvalue weighted by molar-refractivity contribution is 5.85. The molecule has 4 heteroatoms. The van der Waals surface area contributed by atoms with E-state index in [1.165, 1.54) is 0 Å². The lowest BCUT2D eigenvalue weighted by atomic mass is 10.1. The van der Waals surface area contributed by atoms with E-state index in [1.807, 2.05) is 11.9 Å². The van der Waals surface area contributed by atoms with Crippen molar-refractivity contribution < 1.29 is 9.59 Å². The van der Waals surface area contributed by atoms with E-state index in [1.54, 1.807) is 0 Å². The Labute approximate surface area is 110 Å². The van der Waals surface area contributed by atoms with Crippen LogP contribution in [0.2, 0.25) is 0 Å². The molecule has 1 aliphatic rings. The molecular formula is C14H26N2O2. The molecule has 4 nitrogen and oxygen atoms in total. The number of ketones is 1. The summed E-state index contributed by atoms with van der Waals surface area (Å²) in [5.74, 6) is 0.772. The fraction of sp³-hybridized carbons (Fsp3) is 0.857. The Bertz CT molecular complexity index is 290. The second-order valence-electron chi connectivity index (χ2n) is 5.69. The summed E-state index contributed by atoms with van der Waals surface area (Å²) in [6.45, 7) is 5.16. The molecule has 1 amide bonds. The van der Waals surface area contributed by atoms with E-state index in [-0.39, 0.29) is 11.9 Å². The van der Waals surface area contributed by atoms with E-state index in [0.717, 1.165) is 25.7 Å². The third kappa shape index (κ3) is 5.17. The molecule has 104 valence electrons. The van der Waals surface area contributed by atoms with Gasteiger partial charge >= 0.3 is 0 Å². The average molecular weight is 254 g/mol. The highest BCUT2D eigenvalue weighted by Crippen LogP contribution is 2.18. The molecule has 1 aliphatic carbocycles. The van der Waals surface area contributed by atoms with Crippen molar-refractivity contribution in [2.75, 3.05) is 20.1 Å². The molecule has 0 saturated heterocycles. The summed E-state index contributed by atoms with van der Waals surface area (Å²) in [6, 6.07) is -0.0581. The molecule has 1 atom stereocenters. The molecule has 0 aliphatic heterocycles. The van der Waals surface area contributed by atoms with E-state index in [0.29, 0.717) is 31.2 Å². The first-order valence-electron chi connectivity index (χ1n) is 7.00. The zero-order valence-electron chi connectivity index (χ0n) is 11.9. The standard InChI is InChI=1S/C14H26N2O2/c1-11(2)9-15-14(18)10-16(3)12-7-5-4-6-8-13(12)17/h11-12H,4-10H2,1-3H3,(H,15,18). The Kier molecular flexibility index (Phi) is 6.33. The Morgan fingerprint density at radius 2 is 2.11 bits per heavy atom. The lowest BCUT2D eigenvalue weighted by Crippen LogP contribution is -2.44. The number of amides is 1. The van der Waals surface area contributed by atoms with E-state index in [4.69, 9.17) is 0 Å². The molecule has 0 aromatic carbocycles. The quantitative estimate of drug-likeness (QED) is 0.758. The number of carbonyl (C=O) groups excluding carboxylic acids is 2. The van der Waals surface area contributed by atoms with Crippen LogP contribution >= 0.6 is 0 Å². The van der Waals surface area contributed by atoms with Crippen molar-refractivity contribution in [3.63, 3.8) is 0 Å². The van der Waals surface area contributed by atoms with Crippen molar-refractivity contribution in [3.05, 3.63) is 0 Å². The van der Waals surface area contributed by atoms with Crippen LogP contribution in [0.1, 0.15) is 46.0 Å². The number of rotatable bonds is 5. The van der Waals surface area contributed by atoms with E-state index in [2.05, 4.69) is 19.2 Å². The van der Waals surface area contributed by atoms with Gasteiger partial charge in [0.1, 0.15) is 5.78 Å². The zero-order valence-corrected chi connectivity index (χ0v) is 11.9.